The molecular weight excluding hydrogens is 244 g/mol. The van der Waals surface area contributed by atoms with Gasteiger partial charge < -0.3 is 4.90 Å². The van der Waals surface area contributed by atoms with E-state index in [1.54, 1.807) is 0 Å². The zero-order chi connectivity index (χ0) is 12.4. The maximum atomic E-state index is 6.01. The van der Waals surface area contributed by atoms with Crippen LogP contribution in [0, 0.1) is 0 Å². The first-order valence-corrected chi connectivity index (χ1v) is 6.78. The third-order valence-electron chi connectivity index (χ3n) is 3.42. The van der Waals surface area contributed by atoms with E-state index in [0.717, 1.165) is 18.5 Å². The summed E-state index contributed by atoms with van der Waals surface area (Å²) >= 11 is 6.01. The van der Waals surface area contributed by atoms with Crippen LogP contribution in [0.3, 0.4) is 0 Å². The second-order valence-corrected chi connectivity index (χ2v) is 4.79. The minimum atomic E-state index is 0.502. The van der Waals surface area contributed by atoms with Gasteiger partial charge in [-0.3, -0.25) is 4.98 Å². The molecular formula is C15H15ClN2. The quantitative estimate of drug-likeness (QED) is 0.760. The molecule has 0 bridgehead atoms. The summed E-state index contributed by atoms with van der Waals surface area (Å²) in [4.78, 5) is 6.52. The van der Waals surface area contributed by atoms with Crippen LogP contribution in [0.1, 0.15) is 17.5 Å². The number of anilines is 2. The molecule has 1 aliphatic heterocycles. The Morgan fingerprint density at radius 3 is 2.94 bits per heavy atom. The van der Waals surface area contributed by atoms with Crippen molar-refractivity contribution < 1.29 is 0 Å². The van der Waals surface area contributed by atoms with Gasteiger partial charge in [0, 0.05) is 35.9 Å². The van der Waals surface area contributed by atoms with Crippen molar-refractivity contribution in [3.63, 3.8) is 0 Å². The molecule has 0 amide bonds. The van der Waals surface area contributed by atoms with E-state index < -0.39 is 0 Å². The zero-order valence-electron chi connectivity index (χ0n) is 10.1. The fourth-order valence-electron chi connectivity index (χ4n) is 2.57. The SMILES string of the molecule is ClCc1cnccc1N1CCCc2ccccc21. The molecule has 3 rings (SSSR count). The van der Waals surface area contributed by atoms with E-state index in [2.05, 4.69) is 40.2 Å². The first-order chi connectivity index (χ1) is 8.90. The van der Waals surface area contributed by atoms with Gasteiger partial charge in [0.1, 0.15) is 0 Å². The summed E-state index contributed by atoms with van der Waals surface area (Å²) in [5.74, 6) is 0.502. The standard InChI is InChI=1S/C15H15ClN2/c16-10-13-11-17-8-7-15(13)18-9-3-5-12-4-1-2-6-14(12)18/h1-2,4,6-8,11H,3,5,9-10H2. The summed E-state index contributed by atoms with van der Waals surface area (Å²) in [5.41, 5.74) is 5.01. The molecule has 1 aromatic heterocycles. The molecule has 92 valence electrons. The predicted molar refractivity (Wildman–Crippen MR) is 75.6 cm³/mol. The lowest BCUT2D eigenvalue weighted by molar-refractivity contribution is 0.764. The van der Waals surface area contributed by atoms with Gasteiger partial charge in [-0.15, -0.1) is 11.6 Å². The summed E-state index contributed by atoms with van der Waals surface area (Å²) in [6, 6.07) is 10.7. The molecule has 0 N–H and O–H groups in total. The lowest BCUT2D eigenvalue weighted by Gasteiger charge is -2.32. The Labute approximate surface area is 112 Å². The Hall–Kier alpha value is -1.54. The Morgan fingerprint density at radius 1 is 1.17 bits per heavy atom. The molecule has 1 aromatic carbocycles. The molecule has 0 atom stereocenters. The highest BCUT2D eigenvalue weighted by Crippen LogP contribution is 2.35. The van der Waals surface area contributed by atoms with Crippen molar-refractivity contribution in [2.75, 3.05) is 11.4 Å². The van der Waals surface area contributed by atoms with Crippen molar-refractivity contribution in [2.24, 2.45) is 0 Å². The van der Waals surface area contributed by atoms with E-state index >= 15 is 0 Å². The molecule has 3 heteroatoms. The van der Waals surface area contributed by atoms with E-state index in [-0.39, 0.29) is 0 Å². The van der Waals surface area contributed by atoms with Gasteiger partial charge in [0.05, 0.1) is 5.88 Å². The smallest absolute Gasteiger partial charge is 0.0510 e. The topological polar surface area (TPSA) is 16.1 Å². The fraction of sp³-hybridized carbons (Fsp3) is 0.267. The highest BCUT2D eigenvalue weighted by atomic mass is 35.5. The van der Waals surface area contributed by atoms with E-state index in [9.17, 15) is 0 Å². The summed E-state index contributed by atoms with van der Waals surface area (Å²) in [5, 5.41) is 0. The number of benzene rings is 1. The number of hydrogen-bond acceptors (Lipinski definition) is 2. The average Bonchev–Trinajstić information content (AvgIpc) is 2.46. The number of halogens is 1. The van der Waals surface area contributed by atoms with Gasteiger partial charge >= 0.3 is 0 Å². The Balaban J connectivity index is 2.08. The van der Waals surface area contributed by atoms with Crippen LogP contribution < -0.4 is 4.90 Å². The number of rotatable bonds is 2. The van der Waals surface area contributed by atoms with Gasteiger partial charge in [-0.1, -0.05) is 18.2 Å². The zero-order valence-corrected chi connectivity index (χ0v) is 10.9. The molecule has 0 spiro atoms. The van der Waals surface area contributed by atoms with Crippen molar-refractivity contribution in [1.82, 2.24) is 4.98 Å². The maximum absolute atomic E-state index is 6.01. The first-order valence-electron chi connectivity index (χ1n) is 6.24. The number of alkyl halides is 1. The van der Waals surface area contributed by atoms with E-state index in [0.29, 0.717) is 5.88 Å². The van der Waals surface area contributed by atoms with Gasteiger partial charge in [-0.25, -0.2) is 0 Å². The molecule has 0 saturated carbocycles. The van der Waals surface area contributed by atoms with Gasteiger partial charge in [-0.2, -0.15) is 0 Å². The monoisotopic (exact) mass is 258 g/mol. The summed E-state index contributed by atoms with van der Waals surface area (Å²) in [6.07, 6.45) is 6.04. The van der Waals surface area contributed by atoms with Gasteiger partial charge in [0.25, 0.3) is 0 Å². The van der Waals surface area contributed by atoms with Crippen LogP contribution in [0.15, 0.2) is 42.7 Å². The first kappa shape index (κ1) is 11.5. The molecule has 2 nitrogen and oxygen atoms in total. The molecule has 0 saturated heterocycles. The lowest BCUT2D eigenvalue weighted by Crippen LogP contribution is -2.25. The van der Waals surface area contributed by atoms with Crippen molar-refractivity contribution in [3.05, 3.63) is 53.9 Å². The van der Waals surface area contributed by atoms with Crippen LogP contribution >= 0.6 is 11.6 Å². The second kappa shape index (κ2) is 4.99. The van der Waals surface area contributed by atoms with Crippen LogP contribution in [-0.2, 0) is 12.3 Å². The normalized spacial score (nSPS) is 14.4. The molecule has 0 aliphatic carbocycles. The predicted octanol–water partition coefficient (Wildman–Crippen LogP) is 3.90. The molecule has 0 fully saturated rings. The maximum Gasteiger partial charge on any atom is 0.0510 e. The number of para-hydroxylation sites is 1. The molecule has 0 radical (unpaired) electrons. The average molecular weight is 259 g/mol. The fourth-order valence-corrected chi connectivity index (χ4v) is 2.78. The third-order valence-corrected chi connectivity index (χ3v) is 3.71. The summed E-state index contributed by atoms with van der Waals surface area (Å²) in [7, 11) is 0. The number of aromatic nitrogens is 1. The highest BCUT2D eigenvalue weighted by Gasteiger charge is 2.19. The minimum Gasteiger partial charge on any atom is -0.341 e. The van der Waals surface area contributed by atoms with Crippen LogP contribution in [-0.4, -0.2) is 11.5 Å². The number of aryl methyl sites for hydroxylation is 1. The van der Waals surface area contributed by atoms with Gasteiger partial charge in [0.2, 0.25) is 0 Å². The largest absolute Gasteiger partial charge is 0.341 e. The highest BCUT2D eigenvalue weighted by molar-refractivity contribution is 6.17. The number of fused-ring (bicyclic) bond motifs is 1. The van der Waals surface area contributed by atoms with Crippen molar-refractivity contribution in [2.45, 2.75) is 18.7 Å². The number of hydrogen-bond donors (Lipinski definition) is 0. The second-order valence-electron chi connectivity index (χ2n) is 4.52. The van der Waals surface area contributed by atoms with Gasteiger partial charge in [0.15, 0.2) is 0 Å². The number of pyridine rings is 1. The Bertz CT molecular complexity index is 554. The molecule has 2 aromatic rings. The third kappa shape index (κ3) is 1.97. The van der Waals surface area contributed by atoms with Gasteiger partial charge in [-0.05, 0) is 30.5 Å². The Kier molecular flexibility index (Phi) is 3.20. The van der Waals surface area contributed by atoms with E-state index in [1.165, 1.54) is 23.4 Å². The minimum absolute atomic E-state index is 0.502. The molecule has 2 heterocycles. The van der Waals surface area contributed by atoms with Crippen molar-refractivity contribution in [1.29, 1.82) is 0 Å². The van der Waals surface area contributed by atoms with Crippen LogP contribution in [0.2, 0.25) is 0 Å². The summed E-state index contributed by atoms with van der Waals surface area (Å²) < 4.78 is 0. The lowest BCUT2D eigenvalue weighted by atomic mass is 10.0. The van der Waals surface area contributed by atoms with Crippen molar-refractivity contribution in [3.8, 4) is 0 Å². The van der Waals surface area contributed by atoms with E-state index in [1.807, 2.05) is 12.4 Å². The molecule has 1 aliphatic rings. The molecule has 0 unspecified atom stereocenters. The van der Waals surface area contributed by atoms with Crippen LogP contribution in [0.25, 0.3) is 0 Å². The summed E-state index contributed by atoms with van der Waals surface area (Å²) in [6.45, 7) is 1.05. The number of nitrogens with zero attached hydrogens (tertiary/aromatic N) is 2. The van der Waals surface area contributed by atoms with Crippen molar-refractivity contribution >= 4 is 23.0 Å². The van der Waals surface area contributed by atoms with Crippen LogP contribution in [0.5, 0.6) is 0 Å². The Morgan fingerprint density at radius 2 is 2.06 bits per heavy atom. The van der Waals surface area contributed by atoms with E-state index in [4.69, 9.17) is 11.6 Å². The van der Waals surface area contributed by atoms with Crippen LogP contribution in [0.4, 0.5) is 11.4 Å². The molecule has 18 heavy (non-hydrogen) atoms.